The maximum Gasteiger partial charge on any atom is 0.337 e. The number of nitrogens with zero attached hydrogens (tertiary/aromatic N) is 2. The molecule has 0 unspecified atom stereocenters. The van der Waals surface area contributed by atoms with Crippen molar-refractivity contribution in [2.75, 3.05) is 11.4 Å². The van der Waals surface area contributed by atoms with Gasteiger partial charge in [-0.15, -0.1) is 0 Å². The predicted molar refractivity (Wildman–Crippen MR) is 94.8 cm³/mol. The molecular formula is C20H16N2O5. The first-order chi connectivity index (χ1) is 13.0. The molecule has 1 fully saturated rings. The maximum atomic E-state index is 12.3. The minimum absolute atomic E-state index is 0.0563. The summed E-state index contributed by atoms with van der Waals surface area (Å²) in [5.41, 5.74) is 1.78. The van der Waals surface area contributed by atoms with Crippen molar-refractivity contribution in [3.05, 3.63) is 65.2 Å². The Bertz CT molecular complexity index is 933. The van der Waals surface area contributed by atoms with Crippen molar-refractivity contribution in [3.8, 4) is 0 Å². The average molecular weight is 364 g/mol. The highest BCUT2D eigenvalue weighted by Gasteiger charge is 2.38. The molecule has 0 atom stereocenters. The van der Waals surface area contributed by atoms with Crippen LogP contribution in [0.15, 0.2) is 48.5 Å². The molecule has 4 rings (SSSR count). The highest BCUT2D eigenvalue weighted by molar-refractivity contribution is 6.20. The van der Waals surface area contributed by atoms with E-state index in [1.807, 2.05) is 6.07 Å². The molecule has 7 heteroatoms. The molecule has 0 saturated carbocycles. The minimum atomic E-state index is -0.727. The lowest BCUT2D eigenvalue weighted by Crippen LogP contribution is -2.33. The summed E-state index contributed by atoms with van der Waals surface area (Å²) in [6, 6.07) is 13.3. The van der Waals surface area contributed by atoms with Crippen LogP contribution < -0.4 is 4.90 Å². The Morgan fingerprint density at radius 2 is 1.67 bits per heavy atom. The number of amides is 3. The van der Waals surface area contributed by atoms with Gasteiger partial charge in [-0.25, -0.2) is 4.79 Å². The Morgan fingerprint density at radius 3 is 2.30 bits per heavy atom. The lowest BCUT2D eigenvalue weighted by molar-refractivity contribution is -0.167. The van der Waals surface area contributed by atoms with Gasteiger partial charge in [0.05, 0.1) is 17.5 Å². The second kappa shape index (κ2) is 6.68. The number of imide groups is 1. The Hall–Kier alpha value is -3.48. The summed E-state index contributed by atoms with van der Waals surface area (Å²) >= 11 is 0. The second-order valence-corrected chi connectivity index (χ2v) is 6.41. The van der Waals surface area contributed by atoms with Gasteiger partial charge in [0.25, 0.3) is 11.8 Å². The third kappa shape index (κ3) is 3.08. The summed E-state index contributed by atoms with van der Waals surface area (Å²) in [7, 11) is 0. The number of benzene rings is 2. The largest absolute Gasteiger partial charge is 0.337 e. The van der Waals surface area contributed by atoms with Gasteiger partial charge in [0, 0.05) is 18.7 Å². The topological polar surface area (TPSA) is 84.0 Å². The number of carbonyl (C=O) groups is 4. The standard InChI is InChI=1S/C20H16N2O5/c23-17-9-4-10-21(17)14-6-3-5-13(11-14)12-18(24)27-22-19(25)15-7-1-2-8-16(15)20(22)26/h1-3,5-8,11H,4,9-10,12H2. The highest BCUT2D eigenvalue weighted by Crippen LogP contribution is 2.24. The first-order valence-electron chi connectivity index (χ1n) is 8.62. The van der Waals surface area contributed by atoms with Gasteiger partial charge in [-0.1, -0.05) is 29.3 Å². The predicted octanol–water partition coefficient (Wildman–Crippen LogP) is 2.11. The fourth-order valence-electron chi connectivity index (χ4n) is 3.31. The van der Waals surface area contributed by atoms with Crippen LogP contribution in [0.1, 0.15) is 39.1 Å². The molecule has 3 amide bonds. The number of hydrogen-bond donors (Lipinski definition) is 0. The van der Waals surface area contributed by atoms with E-state index in [1.54, 1.807) is 35.2 Å². The van der Waals surface area contributed by atoms with Gasteiger partial charge in [-0.05, 0) is 36.2 Å². The molecule has 0 bridgehead atoms. The molecule has 0 spiro atoms. The van der Waals surface area contributed by atoms with Gasteiger partial charge in [0.15, 0.2) is 0 Å². The van der Waals surface area contributed by atoms with Crippen LogP contribution in [0.25, 0.3) is 0 Å². The van der Waals surface area contributed by atoms with Crippen LogP contribution in [0, 0.1) is 0 Å². The number of hydroxylamine groups is 2. The average Bonchev–Trinajstić information content (AvgIpc) is 3.20. The molecule has 7 nitrogen and oxygen atoms in total. The highest BCUT2D eigenvalue weighted by atomic mass is 16.7. The van der Waals surface area contributed by atoms with E-state index in [1.165, 1.54) is 12.1 Å². The van der Waals surface area contributed by atoms with Crippen molar-refractivity contribution in [2.45, 2.75) is 19.3 Å². The van der Waals surface area contributed by atoms with Crippen LogP contribution in [0.5, 0.6) is 0 Å². The molecule has 2 aromatic carbocycles. The number of hydrogen-bond acceptors (Lipinski definition) is 5. The summed E-state index contributed by atoms with van der Waals surface area (Å²) in [5, 5.41) is 0.501. The Kier molecular flexibility index (Phi) is 4.19. The quantitative estimate of drug-likeness (QED) is 0.776. The molecule has 2 aliphatic rings. The summed E-state index contributed by atoms with van der Waals surface area (Å²) in [6.45, 7) is 0.655. The van der Waals surface area contributed by atoms with Crippen LogP contribution in [-0.2, 0) is 20.8 Å². The minimum Gasteiger partial charge on any atom is -0.329 e. The van der Waals surface area contributed by atoms with E-state index in [2.05, 4.69) is 0 Å². The fraction of sp³-hybridized carbons (Fsp3) is 0.200. The number of anilines is 1. The smallest absolute Gasteiger partial charge is 0.329 e. The Morgan fingerprint density at radius 1 is 0.963 bits per heavy atom. The maximum absolute atomic E-state index is 12.3. The van der Waals surface area contributed by atoms with Crippen molar-refractivity contribution >= 4 is 29.4 Å². The van der Waals surface area contributed by atoms with E-state index in [9.17, 15) is 19.2 Å². The van der Waals surface area contributed by atoms with Crippen LogP contribution in [0.3, 0.4) is 0 Å². The zero-order chi connectivity index (χ0) is 19.0. The monoisotopic (exact) mass is 364 g/mol. The van der Waals surface area contributed by atoms with Crippen molar-refractivity contribution in [1.82, 2.24) is 5.06 Å². The zero-order valence-corrected chi connectivity index (χ0v) is 14.4. The van der Waals surface area contributed by atoms with Crippen molar-refractivity contribution in [2.24, 2.45) is 0 Å². The van der Waals surface area contributed by atoms with Crippen molar-refractivity contribution < 1.29 is 24.0 Å². The van der Waals surface area contributed by atoms with E-state index >= 15 is 0 Å². The third-order valence-electron chi connectivity index (χ3n) is 4.59. The van der Waals surface area contributed by atoms with Crippen molar-refractivity contribution in [3.63, 3.8) is 0 Å². The third-order valence-corrected chi connectivity index (χ3v) is 4.59. The Labute approximate surface area is 155 Å². The van der Waals surface area contributed by atoms with Gasteiger partial charge in [-0.3, -0.25) is 14.4 Å². The van der Waals surface area contributed by atoms with E-state index < -0.39 is 17.8 Å². The molecule has 0 radical (unpaired) electrons. The van der Waals surface area contributed by atoms with Crippen LogP contribution >= 0.6 is 0 Å². The molecule has 2 aromatic rings. The molecule has 0 aromatic heterocycles. The summed E-state index contributed by atoms with van der Waals surface area (Å²) in [5.74, 6) is -1.98. The number of rotatable bonds is 4. The first-order valence-corrected chi connectivity index (χ1v) is 8.62. The summed E-state index contributed by atoms with van der Waals surface area (Å²) in [4.78, 5) is 55.3. The molecule has 136 valence electrons. The van der Waals surface area contributed by atoms with Gasteiger partial charge in [-0.2, -0.15) is 0 Å². The molecule has 2 aliphatic heterocycles. The second-order valence-electron chi connectivity index (χ2n) is 6.41. The van der Waals surface area contributed by atoms with Gasteiger partial charge < -0.3 is 9.74 Å². The van der Waals surface area contributed by atoms with E-state index in [-0.39, 0.29) is 23.5 Å². The molecule has 0 N–H and O–H groups in total. The summed E-state index contributed by atoms with van der Waals surface area (Å²) in [6.07, 6.45) is 1.21. The molecular weight excluding hydrogens is 348 g/mol. The first kappa shape index (κ1) is 17.0. The summed E-state index contributed by atoms with van der Waals surface area (Å²) < 4.78 is 0. The van der Waals surface area contributed by atoms with Gasteiger partial charge in [0.2, 0.25) is 5.91 Å². The van der Waals surface area contributed by atoms with Gasteiger partial charge >= 0.3 is 5.97 Å². The molecule has 2 heterocycles. The van der Waals surface area contributed by atoms with Crippen LogP contribution in [0.2, 0.25) is 0 Å². The number of fused-ring (bicyclic) bond motifs is 1. The lowest BCUT2D eigenvalue weighted by atomic mass is 10.1. The lowest BCUT2D eigenvalue weighted by Gasteiger charge is -2.17. The molecule has 0 aliphatic carbocycles. The van der Waals surface area contributed by atoms with E-state index in [0.29, 0.717) is 23.6 Å². The molecule has 1 saturated heterocycles. The zero-order valence-electron chi connectivity index (χ0n) is 14.4. The van der Waals surface area contributed by atoms with E-state index in [0.717, 1.165) is 12.1 Å². The van der Waals surface area contributed by atoms with Crippen LogP contribution in [0.4, 0.5) is 5.69 Å². The van der Waals surface area contributed by atoms with Crippen molar-refractivity contribution in [1.29, 1.82) is 0 Å². The van der Waals surface area contributed by atoms with E-state index in [4.69, 9.17) is 4.84 Å². The van der Waals surface area contributed by atoms with Crippen LogP contribution in [-0.4, -0.2) is 35.3 Å². The SMILES string of the molecule is O=C(Cc1cccc(N2CCCC2=O)c1)ON1C(=O)c2ccccc2C1=O. The Balaban J connectivity index is 1.46. The molecule has 27 heavy (non-hydrogen) atoms. The van der Waals surface area contributed by atoms with Gasteiger partial charge in [0.1, 0.15) is 0 Å². The normalized spacial score (nSPS) is 16.1. The fourth-order valence-corrected chi connectivity index (χ4v) is 3.31. The number of carbonyl (C=O) groups excluding carboxylic acids is 4.